The molecule has 4 heterocycles. The van der Waals surface area contributed by atoms with Gasteiger partial charge in [0.25, 0.3) is 0 Å². The summed E-state index contributed by atoms with van der Waals surface area (Å²) in [5.74, 6) is 1.80. The van der Waals surface area contributed by atoms with Gasteiger partial charge in [-0.2, -0.15) is 0 Å². The Bertz CT molecular complexity index is 3200. The first-order chi connectivity index (χ1) is 26.7. The van der Waals surface area contributed by atoms with Gasteiger partial charge in [-0.05, 0) is 83.9 Å². The van der Waals surface area contributed by atoms with Crippen molar-refractivity contribution in [2.45, 2.75) is 0 Å². The topological polar surface area (TPSA) is 69.6 Å². The summed E-state index contributed by atoms with van der Waals surface area (Å²) < 4.78 is 8.63. The van der Waals surface area contributed by atoms with Crippen molar-refractivity contribution in [3.05, 3.63) is 176 Å². The number of fused-ring (bicyclic) bond motifs is 8. The van der Waals surface area contributed by atoms with E-state index in [0.717, 1.165) is 82.8 Å². The zero-order valence-electron chi connectivity index (χ0n) is 28.9. The minimum absolute atomic E-state index is 0.587. The molecule has 0 bridgehead atoms. The number of furan rings is 1. The zero-order valence-corrected chi connectivity index (χ0v) is 28.9. The fourth-order valence-corrected chi connectivity index (χ4v) is 7.74. The standard InChI is InChI=1S/C48H29N5O/c1-3-10-30(11-4-1)31-17-19-32(20-18-31)46-50-47(33-21-24-42-38(28-33)36-14-7-8-16-41(36)53(42)35-12-5-2-6-13-35)52-48(51-46)34-22-25-43-39(29-34)45-37-15-9-27-49-40(37)23-26-44(45)54-43/h1-29H. The van der Waals surface area contributed by atoms with Gasteiger partial charge in [0, 0.05) is 55.5 Å². The second-order valence-corrected chi connectivity index (χ2v) is 13.5. The van der Waals surface area contributed by atoms with Crippen LogP contribution in [0.2, 0.25) is 0 Å². The van der Waals surface area contributed by atoms with Crippen LogP contribution in [0.25, 0.3) is 106 Å². The smallest absolute Gasteiger partial charge is 0.164 e. The third-order valence-electron chi connectivity index (χ3n) is 10.3. The van der Waals surface area contributed by atoms with Crippen molar-refractivity contribution < 1.29 is 4.42 Å². The summed E-state index contributed by atoms with van der Waals surface area (Å²) in [6.07, 6.45) is 1.82. The van der Waals surface area contributed by atoms with Crippen LogP contribution in [0.15, 0.2) is 180 Å². The van der Waals surface area contributed by atoms with Gasteiger partial charge >= 0.3 is 0 Å². The number of rotatable bonds is 5. The van der Waals surface area contributed by atoms with Crippen LogP contribution in [0, 0.1) is 0 Å². The van der Waals surface area contributed by atoms with E-state index in [4.69, 9.17) is 19.4 Å². The summed E-state index contributed by atoms with van der Waals surface area (Å²) in [7, 11) is 0. The van der Waals surface area contributed by atoms with Gasteiger partial charge in [0.05, 0.1) is 16.6 Å². The zero-order chi connectivity index (χ0) is 35.6. The highest BCUT2D eigenvalue weighted by molar-refractivity contribution is 6.18. The first-order valence-electron chi connectivity index (χ1n) is 18.0. The fraction of sp³-hybridized carbons (Fsp3) is 0. The van der Waals surface area contributed by atoms with E-state index in [0.29, 0.717) is 17.5 Å². The van der Waals surface area contributed by atoms with Gasteiger partial charge < -0.3 is 8.98 Å². The molecular formula is C48H29N5O. The Morgan fingerprint density at radius 3 is 1.76 bits per heavy atom. The average molecular weight is 692 g/mol. The van der Waals surface area contributed by atoms with Crippen LogP contribution in [0.5, 0.6) is 0 Å². The number of para-hydroxylation sites is 2. The van der Waals surface area contributed by atoms with Crippen molar-refractivity contribution in [2.75, 3.05) is 0 Å². The number of benzene rings is 7. The van der Waals surface area contributed by atoms with Crippen LogP contribution in [-0.4, -0.2) is 24.5 Å². The Kier molecular flexibility index (Phi) is 6.75. The first kappa shape index (κ1) is 30.2. The summed E-state index contributed by atoms with van der Waals surface area (Å²) in [6, 6.07) is 58.6. The van der Waals surface area contributed by atoms with Crippen LogP contribution in [0.1, 0.15) is 0 Å². The van der Waals surface area contributed by atoms with E-state index < -0.39 is 0 Å². The lowest BCUT2D eigenvalue weighted by Gasteiger charge is -2.10. The van der Waals surface area contributed by atoms with Crippen molar-refractivity contribution in [1.82, 2.24) is 24.5 Å². The highest BCUT2D eigenvalue weighted by Gasteiger charge is 2.18. The summed E-state index contributed by atoms with van der Waals surface area (Å²) in [4.78, 5) is 20.0. The summed E-state index contributed by atoms with van der Waals surface area (Å²) >= 11 is 0. The van der Waals surface area contributed by atoms with Crippen LogP contribution >= 0.6 is 0 Å². The van der Waals surface area contributed by atoms with Gasteiger partial charge in [0.1, 0.15) is 11.2 Å². The van der Waals surface area contributed by atoms with Crippen molar-refractivity contribution in [2.24, 2.45) is 0 Å². The molecule has 0 saturated heterocycles. The Morgan fingerprint density at radius 1 is 0.389 bits per heavy atom. The summed E-state index contributed by atoms with van der Waals surface area (Å²) in [6.45, 7) is 0. The number of hydrogen-bond donors (Lipinski definition) is 0. The minimum Gasteiger partial charge on any atom is -0.456 e. The monoisotopic (exact) mass is 691 g/mol. The fourth-order valence-electron chi connectivity index (χ4n) is 7.74. The predicted octanol–water partition coefficient (Wildman–Crippen LogP) is 12.1. The Morgan fingerprint density at radius 2 is 0.963 bits per heavy atom. The maximum atomic E-state index is 6.31. The van der Waals surface area contributed by atoms with Gasteiger partial charge in [-0.3, -0.25) is 4.98 Å². The van der Waals surface area contributed by atoms with Gasteiger partial charge in [0.15, 0.2) is 17.5 Å². The molecule has 6 heteroatoms. The van der Waals surface area contributed by atoms with Crippen LogP contribution in [0.3, 0.4) is 0 Å². The van der Waals surface area contributed by atoms with Crippen LogP contribution in [-0.2, 0) is 0 Å². The third-order valence-corrected chi connectivity index (χ3v) is 10.3. The van der Waals surface area contributed by atoms with Crippen molar-refractivity contribution in [3.63, 3.8) is 0 Å². The second kappa shape index (κ2) is 12.1. The Labute approximate surface area is 309 Å². The highest BCUT2D eigenvalue weighted by Crippen LogP contribution is 2.38. The molecule has 0 aliphatic rings. The number of nitrogens with zero attached hydrogens (tertiary/aromatic N) is 5. The molecule has 0 aliphatic heterocycles. The summed E-state index contributed by atoms with van der Waals surface area (Å²) in [5.41, 5.74) is 10.9. The van der Waals surface area contributed by atoms with E-state index in [1.807, 2.05) is 48.7 Å². The van der Waals surface area contributed by atoms with E-state index in [-0.39, 0.29) is 0 Å². The molecule has 0 fully saturated rings. The molecule has 0 spiro atoms. The Balaban J connectivity index is 1.11. The molecule has 0 aliphatic carbocycles. The minimum atomic E-state index is 0.587. The van der Waals surface area contributed by atoms with E-state index in [2.05, 4.69) is 137 Å². The maximum absolute atomic E-state index is 6.31. The molecule has 252 valence electrons. The van der Waals surface area contributed by atoms with Crippen LogP contribution in [0.4, 0.5) is 0 Å². The largest absolute Gasteiger partial charge is 0.456 e. The molecule has 6 nitrogen and oxygen atoms in total. The van der Waals surface area contributed by atoms with E-state index in [9.17, 15) is 0 Å². The summed E-state index contributed by atoms with van der Waals surface area (Å²) in [5, 5.41) is 5.37. The second-order valence-electron chi connectivity index (χ2n) is 13.5. The quantitative estimate of drug-likeness (QED) is 0.180. The lowest BCUT2D eigenvalue weighted by Crippen LogP contribution is -2.00. The van der Waals surface area contributed by atoms with Crippen molar-refractivity contribution >= 4 is 54.6 Å². The molecule has 0 radical (unpaired) electrons. The molecule has 7 aromatic carbocycles. The van der Waals surface area contributed by atoms with Crippen molar-refractivity contribution in [3.8, 4) is 51.0 Å². The molecule has 0 N–H and O–H groups in total. The molecule has 0 unspecified atom stereocenters. The van der Waals surface area contributed by atoms with Gasteiger partial charge in [-0.15, -0.1) is 0 Å². The van der Waals surface area contributed by atoms with E-state index in [1.165, 1.54) is 5.39 Å². The maximum Gasteiger partial charge on any atom is 0.164 e. The normalized spacial score (nSPS) is 11.7. The van der Waals surface area contributed by atoms with E-state index in [1.54, 1.807) is 0 Å². The molecule has 4 aromatic heterocycles. The first-order valence-corrected chi connectivity index (χ1v) is 18.0. The molecule has 11 aromatic rings. The lowest BCUT2D eigenvalue weighted by molar-refractivity contribution is 0.669. The van der Waals surface area contributed by atoms with Crippen LogP contribution < -0.4 is 0 Å². The predicted molar refractivity (Wildman–Crippen MR) is 218 cm³/mol. The Hall–Kier alpha value is -7.44. The molecule has 54 heavy (non-hydrogen) atoms. The van der Waals surface area contributed by atoms with Gasteiger partial charge in [0.2, 0.25) is 0 Å². The molecule has 0 atom stereocenters. The van der Waals surface area contributed by atoms with Gasteiger partial charge in [-0.25, -0.2) is 15.0 Å². The van der Waals surface area contributed by atoms with Crippen molar-refractivity contribution in [1.29, 1.82) is 0 Å². The number of pyridine rings is 1. The molecule has 0 amide bonds. The molecular weight excluding hydrogens is 663 g/mol. The third kappa shape index (κ3) is 4.89. The lowest BCUT2D eigenvalue weighted by atomic mass is 10.0. The number of hydrogen-bond acceptors (Lipinski definition) is 5. The number of aromatic nitrogens is 5. The van der Waals surface area contributed by atoms with Gasteiger partial charge in [-0.1, -0.05) is 97.1 Å². The molecule has 0 saturated carbocycles. The highest BCUT2D eigenvalue weighted by atomic mass is 16.3. The average Bonchev–Trinajstić information content (AvgIpc) is 3.79. The van der Waals surface area contributed by atoms with E-state index >= 15 is 0 Å². The molecule has 11 rings (SSSR count). The SMILES string of the molecule is c1ccc(-c2ccc(-c3nc(-c4ccc5oc6ccc7ncccc7c6c5c4)nc(-c4ccc5c(c4)c4ccccc4n5-c4ccccc4)n3)cc2)cc1.